The number of nitrogens with zero attached hydrogens (tertiary/aromatic N) is 7. The van der Waals surface area contributed by atoms with Crippen LogP contribution >= 0.6 is 0 Å². The van der Waals surface area contributed by atoms with Gasteiger partial charge >= 0.3 is 0 Å². The van der Waals surface area contributed by atoms with E-state index in [9.17, 15) is 19.2 Å². The minimum atomic E-state index is -1.06. The van der Waals surface area contributed by atoms with Crippen LogP contribution in [0.2, 0.25) is 0 Å². The number of rotatable bonds is 7. The maximum atomic E-state index is 13.9. The summed E-state index contributed by atoms with van der Waals surface area (Å²) in [7, 11) is 0. The number of hydrogen-bond acceptors (Lipinski definition) is 11. The highest BCUT2D eigenvalue weighted by Gasteiger charge is 2.31. The number of hydrogen-bond donors (Lipinski definition) is 4. The Balaban J connectivity index is 1.21. The lowest BCUT2D eigenvalue weighted by molar-refractivity contribution is -0.133. The van der Waals surface area contributed by atoms with Gasteiger partial charge in [-0.05, 0) is 65.2 Å². The number of aromatic nitrogens is 7. The second-order valence-electron chi connectivity index (χ2n) is 13.0. The maximum Gasteiger partial charge on any atom is 0.258 e. The third kappa shape index (κ3) is 9.61. The summed E-state index contributed by atoms with van der Waals surface area (Å²) in [6.07, 6.45) is 1.57. The third-order valence-electron chi connectivity index (χ3n) is 8.55. The molecule has 0 unspecified atom stereocenters. The molecule has 0 aliphatic carbocycles. The van der Waals surface area contributed by atoms with E-state index in [1.165, 1.54) is 15.7 Å². The van der Waals surface area contributed by atoms with Crippen LogP contribution in [-0.4, -0.2) is 90.4 Å². The molecule has 17 heteroatoms. The number of carbonyl (C=O) groups is 4. The maximum absolute atomic E-state index is 13.9. The Bertz CT molecular complexity index is 2030. The highest BCUT2D eigenvalue weighted by atomic mass is 16.5. The summed E-state index contributed by atoms with van der Waals surface area (Å²) in [6.45, 7) is 5.26. The quantitative estimate of drug-likeness (QED) is 0.189. The standard InChI is InChI=1S/C37H41N11O6/c1-23(2)33-37(52)40-24(3)35-43-34(26-7-5-4-6-8-26)44-47(35)20-31(49)38-17-18-53-28-13-9-25(10-14-28)19-30(36(51)42-33)41-32(50)21-54-29-15-11-27(12-16-29)48-22-39-45-46-48/h4-16,22-24,30,33H,17-21H2,1-3H3,(H,38,49)(H,40,52)(H,41,50)(H,42,51)/t24-,30-,33+/m0/s1. The van der Waals surface area contributed by atoms with Crippen molar-refractivity contribution in [3.8, 4) is 28.6 Å². The summed E-state index contributed by atoms with van der Waals surface area (Å²) < 4.78 is 14.5. The van der Waals surface area contributed by atoms with Crippen LogP contribution in [-0.2, 0) is 32.1 Å². The molecule has 2 aromatic heterocycles. The first-order valence-corrected chi connectivity index (χ1v) is 17.5. The summed E-state index contributed by atoms with van der Waals surface area (Å²) in [5.41, 5.74) is 2.18. The number of benzene rings is 3. The largest absolute Gasteiger partial charge is 0.492 e. The first-order valence-electron chi connectivity index (χ1n) is 17.5. The zero-order chi connectivity index (χ0) is 38.0. The van der Waals surface area contributed by atoms with E-state index in [2.05, 4.69) is 41.9 Å². The van der Waals surface area contributed by atoms with Gasteiger partial charge in [-0.25, -0.2) is 14.3 Å². The highest BCUT2D eigenvalue weighted by molar-refractivity contribution is 5.92. The predicted octanol–water partition coefficient (Wildman–Crippen LogP) is 1.55. The molecule has 4 N–H and O–H groups in total. The van der Waals surface area contributed by atoms with Crippen LogP contribution in [0.4, 0.5) is 0 Å². The van der Waals surface area contributed by atoms with E-state index in [4.69, 9.17) is 14.5 Å². The molecule has 7 rings (SSSR count). The second kappa shape index (κ2) is 17.2. The summed E-state index contributed by atoms with van der Waals surface area (Å²) in [5.74, 6) is -0.486. The normalized spacial score (nSPS) is 18.4. The molecule has 4 heterocycles. The van der Waals surface area contributed by atoms with Crippen LogP contribution in [0.15, 0.2) is 85.2 Å². The molecule has 3 aromatic carbocycles. The smallest absolute Gasteiger partial charge is 0.258 e. The van der Waals surface area contributed by atoms with E-state index >= 15 is 0 Å². The minimum Gasteiger partial charge on any atom is -0.492 e. The van der Waals surface area contributed by atoms with Gasteiger partial charge in [0.05, 0.1) is 18.3 Å². The van der Waals surface area contributed by atoms with Crippen molar-refractivity contribution in [1.29, 1.82) is 0 Å². The lowest BCUT2D eigenvalue weighted by Gasteiger charge is -2.27. The molecular formula is C37H41N11O6. The number of nitrogens with one attached hydrogen (secondary N) is 4. The van der Waals surface area contributed by atoms with Gasteiger partial charge < -0.3 is 30.7 Å². The van der Waals surface area contributed by atoms with E-state index in [0.29, 0.717) is 28.8 Å². The topological polar surface area (TPSA) is 209 Å². The molecule has 0 spiro atoms. The van der Waals surface area contributed by atoms with Crippen LogP contribution in [0.3, 0.4) is 0 Å². The molecule has 0 saturated heterocycles. The highest BCUT2D eigenvalue weighted by Crippen LogP contribution is 2.20. The Hall–Kier alpha value is -6.65. The molecule has 3 atom stereocenters. The van der Waals surface area contributed by atoms with Crippen molar-refractivity contribution in [2.45, 2.75) is 51.9 Å². The van der Waals surface area contributed by atoms with E-state index in [1.807, 2.05) is 30.3 Å². The molecule has 0 fully saturated rings. The summed E-state index contributed by atoms with van der Waals surface area (Å²) in [5, 5.41) is 27.1. The van der Waals surface area contributed by atoms with Crippen molar-refractivity contribution in [1.82, 2.24) is 56.2 Å². The Kier molecular flexibility index (Phi) is 11.9. The average molecular weight is 736 g/mol. The molecule has 54 heavy (non-hydrogen) atoms. The number of amides is 4. The van der Waals surface area contributed by atoms with Crippen molar-refractivity contribution in [2.24, 2.45) is 5.92 Å². The number of fused-ring (bicyclic) bond motifs is 14. The van der Waals surface area contributed by atoms with Gasteiger partial charge in [-0.15, -0.1) is 5.10 Å². The number of carbonyl (C=O) groups excluding carboxylic acids is 4. The monoisotopic (exact) mass is 735 g/mol. The van der Waals surface area contributed by atoms with E-state index in [0.717, 1.165) is 11.1 Å². The molecule has 4 amide bonds. The fourth-order valence-corrected chi connectivity index (χ4v) is 5.73. The summed E-state index contributed by atoms with van der Waals surface area (Å²) in [6, 6.07) is 20.4. The van der Waals surface area contributed by atoms with Gasteiger partial charge in [-0.1, -0.05) is 56.3 Å². The zero-order valence-electron chi connectivity index (χ0n) is 30.0. The summed E-state index contributed by atoms with van der Waals surface area (Å²) in [4.78, 5) is 58.6. The minimum absolute atomic E-state index is 0.114. The van der Waals surface area contributed by atoms with Crippen molar-refractivity contribution in [3.05, 3.63) is 96.6 Å². The molecule has 2 bridgehead atoms. The molecule has 2 aliphatic heterocycles. The Morgan fingerprint density at radius 3 is 2.44 bits per heavy atom. The van der Waals surface area contributed by atoms with Gasteiger partial charge in [-0.2, -0.15) is 5.10 Å². The Morgan fingerprint density at radius 2 is 1.74 bits per heavy atom. The van der Waals surface area contributed by atoms with Crippen LogP contribution in [0.1, 0.15) is 38.2 Å². The molecule has 280 valence electrons. The van der Waals surface area contributed by atoms with Gasteiger partial charge in [0.15, 0.2) is 12.4 Å². The van der Waals surface area contributed by atoms with Crippen molar-refractivity contribution >= 4 is 23.6 Å². The molecule has 0 saturated carbocycles. The third-order valence-corrected chi connectivity index (χ3v) is 8.55. The van der Waals surface area contributed by atoms with Crippen LogP contribution in [0.25, 0.3) is 17.1 Å². The van der Waals surface area contributed by atoms with Crippen molar-refractivity contribution in [3.63, 3.8) is 0 Å². The lowest BCUT2D eigenvalue weighted by Crippen LogP contribution is -2.56. The summed E-state index contributed by atoms with van der Waals surface area (Å²) >= 11 is 0. The van der Waals surface area contributed by atoms with E-state index in [1.54, 1.807) is 69.3 Å². The van der Waals surface area contributed by atoms with Gasteiger partial charge in [0.2, 0.25) is 17.7 Å². The van der Waals surface area contributed by atoms with E-state index < -0.39 is 35.8 Å². The Morgan fingerprint density at radius 1 is 0.981 bits per heavy atom. The molecule has 17 nitrogen and oxygen atoms in total. The first-order chi connectivity index (χ1) is 26.1. The van der Waals surface area contributed by atoms with Crippen LogP contribution in [0.5, 0.6) is 11.5 Å². The molecular weight excluding hydrogens is 694 g/mol. The van der Waals surface area contributed by atoms with Crippen LogP contribution < -0.4 is 30.7 Å². The van der Waals surface area contributed by atoms with E-state index in [-0.39, 0.29) is 44.5 Å². The predicted molar refractivity (Wildman–Crippen MR) is 194 cm³/mol. The zero-order valence-corrected chi connectivity index (χ0v) is 30.0. The van der Waals surface area contributed by atoms with Gasteiger partial charge in [-0.3, -0.25) is 19.2 Å². The Labute approximate surface area is 310 Å². The SMILES string of the molecule is CC(C)[C@H]1NC(=O)[C@@H](NC(=O)COc2ccc(-n3cnnn3)cc2)Cc2ccc(cc2)OCCNC(=O)Cn2nc(-c3ccccc3)nc2[C@H](C)NC1=O. The van der Waals surface area contributed by atoms with Crippen LogP contribution in [0, 0.1) is 5.92 Å². The van der Waals surface area contributed by atoms with Crippen molar-refractivity contribution < 1.29 is 28.7 Å². The number of ether oxygens (including phenoxy) is 2. The van der Waals surface area contributed by atoms with Gasteiger partial charge in [0, 0.05) is 12.0 Å². The van der Waals surface area contributed by atoms with Crippen molar-refractivity contribution in [2.75, 3.05) is 19.8 Å². The van der Waals surface area contributed by atoms with Gasteiger partial charge in [0.1, 0.15) is 48.9 Å². The molecule has 0 radical (unpaired) electrons. The fourth-order valence-electron chi connectivity index (χ4n) is 5.73. The lowest BCUT2D eigenvalue weighted by atomic mass is 10.0. The second-order valence-corrected chi connectivity index (χ2v) is 13.0. The average Bonchev–Trinajstić information content (AvgIpc) is 3.86. The van der Waals surface area contributed by atoms with Gasteiger partial charge in [0.25, 0.3) is 5.91 Å². The number of tetrazole rings is 1. The first kappa shape index (κ1) is 37.1. The molecule has 5 aromatic rings. The molecule has 2 aliphatic rings. The fraction of sp³-hybridized carbons (Fsp3) is 0.324.